The van der Waals surface area contributed by atoms with Gasteiger partial charge in [0.2, 0.25) is 5.91 Å². The van der Waals surface area contributed by atoms with E-state index in [0.29, 0.717) is 5.69 Å². The molecule has 1 fully saturated rings. The van der Waals surface area contributed by atoms with E-state index in [0.717, 1.165) is 37.6 Å². The Labute approximate surface area is 107 Å². The van der Waals surface area contributed by atoms with Crippen LogP contribution in [0.4, 0.5) is 11.4 Å². The molecule has 1 aliphatic rings. The third-order valence-electron chi connectivity index (χ3n) is 3.27. The van der Waals surface area contributed by atoms with Gasteiger partial charge >= 0.3 is 0 Å². The molecule has 0 spiro atoms. The Hall–Kier alpha value is -1.91. The predicted molar refractivity (Wildman–Crippen MR) is 71.9 cm³/mol. The maximum Gasteiger partial charge on any atom is 0.219 e. The minimum atomic E-state index is 0.138. The topological polar surface area (TPSA) is 58.8 Å². The SMILES string of the molecule is COc1cc(N)ccc1N1CCN(C(C)=O)CC1. The summed E-state index contributed by atoms with van der Waals surface area (Å²) in [5, 5.41) is 0. The molecule has 0 aromatic heterocycles. The van der Waals surface area contributed by atoms with Crippen molar-refractivity contribution in [3.05, 3.63) is 18.2 Å². The van der Waals surface area contributed by atoms with Gasteiger partial charge in [-0.25, -0.2) is 0 Å². The molecule has 0 aliphatic carbocycles. The fraction of sp³-hybridized carbons (Fsp3) is 0.462. The summed E-state index contributed by atoms with van der Waals surface area (Å²) in [6.07, 6.45) is 0. The molecule has 1 aromatic carbocycles. The van der Waals surface area contributed by atoms with Crippen LogP contribution in [0.1, 0.15) is 6.92 Å². The molecule has 1 heterocycles. The summed E-state index contributed by atoms with van der Waals surface area (Å²) in [4.78, 5) is 15.4. The largest absolute Gasteiger partial charge is 0.495 e. The van der Waals surface area contributed by atoms with Crippen LogP contribution < -0.4 is 15.4 Å². The second-order valence-corrected chi connectivity index (χ2v) is 4.42. The lowest BCUT2D eigenvalue weighted by atomic mass is 10.2. The fourth-order valence-electron chi connectivity index (χ4n) is 2.22. The first-order valence-corrected chi connectivity index (χ1v) is 6.06. The van der Waals surface area contributed by atoms with Crippen molar-refractivity contribution in [2.45, 2.75) is 6.92 Å². The van der Waals surface area contributed by atoms with Crippen molar-refractivity contribution < 1.29 is 9.53 Å². The van der Waals surface area contributed by atoms with Crippen molar-refractivity contribution in [1.29, 1.82) is 0 Å². The molecule has 18 heavy (non-hydrogen) atoms. The van der Waals surface area contributed by atoms with Gasteiger partial charge in [-0.1, -0.05) is 0 Å². The van der Waals surface area contributed by atoms with Gasteiger partial charge in [-0.15, -0.1) is 0 Å². The summed E-state index contributed by atoms with van der Waals surface area (Å²) in [6.45, 7) is 4.75. The monoisotopic (exact) mass is 249 g/mol. The molecule has 1 aromatic rings. The normalized spacial score (nSPS) is 15.7. The molecule has 1 saturated heterocycles. The first-order valence-electron chi connectivity index (χ1n) is 6.06. The average Bonchev–Trinajstić information content (AvgIpc) is 2.38. The molecular formula is C13H19N3O2. The molecule has 2 rings (SSSR count). The number of nitrogens with zero attached hydrogens (tertiary/aromatic N) is 2. The molecule has 5 heteroatoms. The highest BCUT2D eigenvalue weighted by molar-refractivity contribution is 5.74. The molecular weight excluding hydrogens is 230 g/mol. The van der Waals surface area contributed by atoms with E-state index in [9.17, 15) is 4.79 Å². The number of carbonyl (C=O) groups is 1. The third kappa shape index (κ3) is 2.50. The van der Waals surface area contributed by atoms with Crippen molar-refractivity contribution >= 4 is 17.3 Å². The van der Waals surface area contributed by atoms with Gasteiger partial charge in [0.05, 0.1) is 12.8 Å². The highest BCUT2D eigenvalue weighted by Crippen LogP contribution is 2.30. The first kappa shape index (κ1) is 12.5. The molecule has 0 unspecified atom stereocenters. The number of methoxy groups -OCH3 is 1. The second-order valence-electron chi connectivity index (χ2n) is 4.42. The smallest absolute Gasteiger partial charge is 0.219 e. The van der Waals surface area contributed by atoms with E-state index in [1.54, 1.807) is 14.0 Å². The van der Waals surface area contributed by atoms with Gasteiger partial charge in [0.15, 0.2) is 0 Å². The van der Waals surface area contributed by atoms with Crippen molar-refractivity contribution in [1.82, 2.24) is 4.90 Å². The van der Waals surface area contributed by atoms with Crippen LogP contribution in [0.3, 0.4) is 0 Å². The quantitative estimate of drug-likeness (QED) is 0.793. The molecule has 0 atom stereocenters. The zero-order valence-electron chi connectivity index (χ0n) is 10.8. The number of nitrogens with two attached hydrogens (primary N) is 1. The van der Waals surface area contributed by atoms with Gasteiger partial charge in [-0.3, -0.25) is 4.79 Å². The summed E-state index contributed by atoms with van der Waals surface area (Å²) < 4.78 is 5.35. The van der Waals surface area contributed by atoms with Crippen LogP contribution in [0.5, 0.6) is 5.75 Å². The number of amides is 1. The Bertz CT molecular complexity index is 440. The van der Waals surface area contributed by atoms with E-state index < -0.39 is 0 Å². The highest BCUT2D eigenvalue weighted by atomic mass is 16.5. The van der Waals surface area contributed by atoms with Crippen molar-refractivity contribution in [3.8, 4) is 5.75 Å². The number of benzene rings is 1. The van der Waals surface area contributed by atoms with E-state index in [1.807, 2.05) is 23.1 Å². The van der Waals surface area contributed by atoms with Crippen LogP contribution in [-0.4, -0.2) is 44.1 Å². The first-order chi connectivity index (χ1) is 8.61. The van der Waals surface area contributed by atoms with Crippen molar-refractivity contribution in [2.75, 3.05) is 43.9 Å². The summed E-state index contributed by atoms with van der Waals surface area (Å²) in [6, 6.07) is 5.67. The van der Waals surface area contributed by atoms with E-state index in [-0.39, 0.29) is 5.91 Å². The number of rotatable bonds is 2. The fourth-order valence-corrected chi connectivity index (χ4v) is 2.22. The highest BCUT2D eigenvalue weighted by Gasteiger charge is 2.20. The molecule has 1 amide bonds. The second kappa shape index (κ2) is 5.16. The third-order valence-corrected chi connectivity index (χ3v) is 3.27. The molecule has 5 nitrogen and oxygen atoms in total. The molecule has 0 bridgehead atoms. The standard InChI is InChI=1S/C13H19N3O2/c1-10(17)15-5-7-16(8-6-15)12-4-3-11(14)9-13(12)18-2/h3-4,9H,5-8,14H2,1-2H3. The zero-order valence-corrected chi connectivity index (χ0v) is 10.8. The van der Waals surface area contributed by atoms with Crippen LogP contribution in [0.2, 0.25) is 0 Å². The Morgan fingerprint density at radius 2 is 1.94 bits per heavy atom. The Kier molecular flexibility index (Phi) is 3.60. The Morgan fingerprint density at radius 3 is 2.50 bits per heavy atom. The maximum atomic E-state index is 11.3. The lowest BCUT2D eigenvalue weighted by Gasteiger charge is -2.36. The van der Waals surface area contributed by atoms with Crippen LogP contribution in [0.15, 0.2) is 18.2 Å². The van der Waals surface area contributed by atoms with Gasteiger partial charge in [0.25, 0.3) is 0 Å². The summed E-state index contributed by atoms with van der Waals surface area (Å²) in [5.41, 5.74) is 7.47. The number of anilines is 2. The minimum absolute atomic E-state index is 0.138. The number of hydrogen-bond donors (Lipinski definition) is 1. The van der Waals surface area contributed by atoms with Gasteiger partial charge in [0, 0.05) is 44.9 Å². The van der Waals surface area contributed by atoms with E-state index in [2.05, 4.69) is 4.90 Å². The van der Waals surface area contributed by atoms with Crippen LogP contribution in [-0.2, 0) is 4.79 Å². The van der Waals surface area contributed by atoms with Gasteiger partial charge in [-0.05, 0) is 12.1 Å². The number of ether oxygens (including phenoxy) is 1. The van der Waals surface area contributed by atoms with Gasteiger partial charge in [-0.2, -0.15) is 0 Å². The van der Waals surface area contributed by atoms with Crippen molar-refractivity contribution in [3.63, 3.8) is 0 Å². The Morgan fingerprint density at radius 1 is 1.28 bits per heavy atom. The number of carbonyl (C=O) groups excluding carboxylic acids is 1. The van der Waals surface area contributed by atoms with E-state index in [4.69, 9.17) is 10.5 Å². The van der Waals surface area contributed by atoms with E-state index >= 15 is 0 Å². The summed E-state index contributed by atoms with van der Waals surface area (Å²) in [7, 11) is 1.64. The van der Waals surface area contributed by atoms with Crippen LogP contribution >= 0.6 is 0 Å². The number of hydrogen-bond acceptors (Lipinski definition) is 4. The van der Waals surface area contributed by atoms with Crippen LogP contribution in [0.25, 0.3) is 0 Å². The minimum Gasteiger partial charge on any atom is -0.495 e. The van der Waals surface area contributed by atoms with E-state index in [1.165, 1.54) is 0 Å². The van der Waals surface area contributed by atoms with Gasteiger partial charge < -0.3 is 20.3 Å². The molecule has 0 radical (unpaired) electrons. The molecule has 1 aliphatic heterocycles. The summed E-state index contributed by atoms with van der Waals surface area (Å²) in [5.74, 6) is 0.921. The van der Waals surface area contributed by atoms with Crippen molar-refractivity contribution in [2.24, 2.45) is 0 Å². The number of nitrogen functional groups attached to an aromatic ring is 1. The van der Waals surface area contributed by atoms with Crippen LogP contribution in [0, 0.1) is 0 Å². The predicted octanol–water partition coefficient (Wildman–Crippen LogP) is 0.946. The number of piperazine rings is 1. The summed E-state index contributed by atoms with van der Waals surface area (Å²) >= 11 is 0. The average molecular weight is 249 g/mol. The lowest BCUT2D eigenvalue weighted by Crippen LogP contribution is -2.48. The maximum absolute atomic E-state index is 11.3. The lowest BCUT2D eigenvalue weighted by molar-refractivity contribution is -0.129. The molecule has 2 N–H and O–H groups in total. The van der Waals surface area contributed by atoms with Gasteiger partial charge in [0.1, 0.15) is 5.75 Å². The molecule has 98 valence electrons. The zero-order chi connectivity index (χ0) is 13.1. The molecule has 0 saturated carbocycles. The Balaban J connectivity index is 2.12.